The molecule has 0 bridgehead atoms. The molecule has 1 aromatic rings. The van der Waals surface area contributed by atoms with E-state index in [-0.39, 0.29) is 6.61 Å². The minimum atomic E-state index is 0.275. The molecule has 0 atom stereocenters. The average molecular weight is 203 g/mol. The maximum Gasteiger partial charge on any atom is 0.142 e. The van der Waals surface area contributed by atoms with Crippen molar-refractivity contribution >= 4 is 29.9 Å². The lowest BCUT2D eigenvalue weighted by Gasteiger charge is -2.00. The van der Waals surface area contributed by atoms with Gasteiger partial charge in [0.05, 0.1) is 6.72 Å². The molecule has 0 N–H and O–H groups in total. The number of hydrogen-bond donors (Lipinski definition) is 0. The molecule has 1 radical (unpaired) electrons. The number of benzene rings is 1. The summed E-state index contributed by atoms with van der Waals surface area (Å²) < 4.78 is 0. The van der Waals surface area contributed by atoms with Crippen LogP contribution in [0.15, 0.2) is 23.4 Å². The largest absolute Gasteiger partial charge is 0.391 e. The van der Waals surface area contributed by atoms with Gasteiger partial charge in [-0.1, -0.05) is 28.4 Å². The van der Waals surface area contributed by atoms with Crippen molar-refractivity contribution in [1.82, 2.24) is 0 Å². The molecule has 12 heavy (non-hydrogen) atoms. The summed E-state index contributed by atoms with van der Waals surface area (Å²) in [5.74, 6) is 0. The van der Waals surface area contributed by atoms with Gasteiger partial charge in [0, 0.05) is 10.0 Å². The lowest BCUT2D eigenvalue weighted by molar-refractivity contribution is 0.133. The fraction of sp³-hybridized carbons (Fsp3) is 0.125. The molecule has 1 rings (SSSR count). The molecule has 0 fully saturated rings. The normalized spacial score (nSPS) is 9.50. The Kier molecular flexibility index (Phi) is 3.38. The maximum atomic E-state index is 5.73. The van der Waals surface area contributed by atoms with Crippen LogP contribution in [0.4, 0.5) is 0 Å². The van der Waals surface area contributed by atoms with Crippen molar-refractivity contribution in [3.05, 3.63) is 33.8 Å². The zero-order valence-corrected chi connectivity index (χ0v) is 7.64. The first-order chi connectivity index (χ1) is 5.72. The second-order valence-electron chi connectivity index (χ2n) is 2.16. The van der Waals surface area contributed by atoms with Gasteiger partial charge in [0.15, 0.2) is 0 Å². The van der Waals surface area contributed by atoms with E-state index in [9.17, 15) is 0 Å². The third kappa shape index (κ3) is 2.72. The monoisotopic (exact) mass is 202 g/mol. The summed E-state index contributed by atoms with van der Waals surface area (Å²) >= 11 is 11.5. The topological polar surface area (TPSA) is 21.6 Å². The van der Waals surface area contributed by atoms with Crippen molar-refractivity contribution in [1.29, 1.82) is 0 Å². The first-order valence-corrected chi connectivity index (χ1v) is 3.95. The van der Waals surface area contributed by atoms with E-state index in [4.69, 9.17) is 29.9 Å². The van der Waals surface area contributed by atoms with E-state index < -0.39 is 0 Å². The Morgan fingerprint density at radius 1 is 1.25 bits per heavy atom. The summed E-state index contributed by atoms with van der Waals surface area (Å²) in [5, 5.41) is 4.14. The predicted octanol–water partition coefficient (Wildman–Crippen LogP) is 3.00. The van der Waals surface area contributed by atoms with E-state index in [2.05, 4.69) is 9.99 Å². The van der Waals surface area contributed by atoms with Gasteiger partial charge in [-0.3, -0.25) is 0 Å². The van der Waals surface area contributed by atoms with Crippen LogP contribution in [-0.2, 0) is 11.4 Å². The van der Waals surface area contributed by atoms with Crippen LogP contribution >= 0.6 is 23.2 Å². The first-order valence-electron chi connectivity index (χ1n) is 3.19. The van der Waals surface area contributed by atoms with Gasteiger partial charge in [-0.15, -0.1) is 0 Å². The molecule has 0 saturated carbocycles. The summed E-state index contributed by atoms with van der Waals surface area (Å²) in [6.45, 7) is 5.06. The fourth-order valence-corrected chi connectivity index (χ4v) is 1.38. The number of halogens is 2. The molecule has 1 aromatic carbocycles. The molecule has 0 aliphatic heterocycles. The SMILES string of the molecule is [CH]=NOCc1cc(Cl)cc(Cl)c1. The lowest BCUT2D eigenvalue weighted by Crippen LogP contribution is -1.86. The molecule has 0 aliphatic rings. The number of hydrogen-bond acceptors (Lipinski definition) is 2. The predicted molar refractivity (Wildman–Crippen MR) is 49.7 cm³/mol. The Labute approximate surface area is 80.7 Å². The van der Waals surface area contributed by atoms with E-state index >= 15 is 0 Å². The van der Waals surface area contributed by atoms with Gasteiger partial charge < -0.3 is 4.84 Å². The van der Waals surface area contributed by atoms with Crippen LogP contribution in [0.1, 0.15) is 5.56 Å². The molecule has 0 aromatic heterocycles. The van der Waals surface area contributed by atoms with E-state index in [1.165, 1.54) is 0 Å². The number of nitrogens with zero attached hydrogens (tertiary/aromatic N) is 1. The average Bonchev–Trinajstić information content (AvgIpc) is 1.99. The van der Waals surface area contributed by atoms with Gasteiger partial charge in [-0.2, -0.15) is 0 Å². The Bertz CT molecular complexity index is 268. The van der Waals surface area contributed by atoms with Gasteiger partial charge in [0.2, 0.25) is 0 Å². The van der Waals surface area contributed by atoms with Gasteiger partial charge in [0.1, 0.15) is 6.61 Å². The minimum Gasteiger partial charge on any atom is -0.391 e. The molecule has 0 spiro atoms. The van der Waals surface area contributed by atoms with Crippen molar-refractivity contribution in [2.45, 2.75) is 6.61 Å². The summed E-state index contributed by atoms with van der Waals surface area (Å²) in [5.41, 5.74) is 0.835. The van der Waals surface area contributed by atoms with Crippen LogP contribution in [0.25, 0.3) is 0 Å². The lowest BCUT2D eigenvalue weighted by atomic mass is 10.2. The van der Waals surface area contributed by atoms with Crippen LogP contribution < -0.4 is 0 Å². The molecular formula is C8H6Cl2NO. The zero-order valence-electron chi connectivity index (χ0n) is 6.13. The molecule has 0 aliphatic carbocycles. The number of rotatable bonds is 3. The summed E-state index contributed by atoms with van der Waals surface area (Å²) in [7, 11) is 0. The smallest absolute Gasteiger partial charge is 0.142 e. The first kappa shape index (κ1) is 9.36. The Morgan fingerprint density at radius 2 is 1.83 bits per heavy atom. The van der Waals surface area contributed by atoms with Crippen LogP contribution in [0, 0.1) is 0 Å². The molecule has 0 unspecified atom stereocenters. The van der Waals surface area contributed by atoms with Crippen molar-refractivity contribution in [3.63, 3.8) is 0 Å². The quantitative estimate of drug-likeness (QED) is 0.546. The molecule has 63 valence electrons. The maximum absolute atomic E-state index is 5.73. The highest BCUT2D eigenvalue weighted by Crippen LogP contribution is 2.19. The zero-order chi connectivity index (χ0) is 8.97. The van der Waals surface area contributed by atoms with E-state index in [1.54, 1.807) is 18.2 Å². The van der Waals surface area contributed by atoms with Crippen molar-refractivity contribution in [2.75, 3.05) is 0 Å². The Morgan fingerprint density at radius 3 is 2.33 bits per heavy atom. The van der Waals surface area contributed by atoms with Gasteiger partial charge in [0.25, 0.3) is 0 Å². The highest BCUT2D eigenvalue weighted by atomic mass is 35.5. The van der Waals surface area contributed by atoms with Crippen molar-refractivity contribution in [3.8, 4) is 0 Å². The van der Waals surface area contributed by atoms with Crippen LogP contribution in [0.5, 0.6) is 0 Å². The van der Waals surface area contributed by atoms with Crippen LogP contribution in [0.2, 0.25) is 10.0 Å². The highest BCUT2D eigenvalue weighted by molar-refractivity contribution is 6.34. The van der Waals surface area contributed by atoms with Crippen molar-refractivity contribution < 1.29 is 4.84 Å². The van der Waals surface area contributed by atoms with Gasteiger partial charge >= 0.3 is 0 Å². The van der Waals surface area contributed by atoms with Gasteiger partial charge in [-0.05, 0) is 23.8 Å². The standard InChI is InChI=1S/C8H6Cl2NO/c1-11-12-5-6-2-7(9)4-8(10)3-6/h1-4H,5H2. The second-order valence-corrected chi connectivity index (χ2v) is 3.03. The molecular weight excluding hydrogens is 197 g/mol. The molecule has 2 nitrogen and oxygen atoms in total. The third-order valence-corrected chi connectivity index (χ3v) is 1.66. The van der Waals surface area contributed by atoms with E-state index in [0.29, 0.717) is 10.0 Å². The minimum absolute atomic E-state index is 0.275. The van der Waals surface area contributed by atoms with Gasteiger partial charge in [-0.25, -0.2) is 0 Å². The third-order valence-electron chi connectivity index (χ3n) is 1.23. The van der Waals surface area contributed by atoms with Crippen molar-refractivity contribution in [2.24, 2.45) is 5.16 Å². The fourth-order valence-electron chi connectivity index (χ4n) is 0.806. The van der Waals surface area contributed by atoms with E-state index in [1.807, 2.05) is 0 Å². The summed E-state index contributed by atoms with van der Waals surface area (Å²) in [4.78, 5) is 4.62. The second kappa shape index (κ2) is 4.33. The Hall–Kier alpha value is -0.730. The molecule has 4 heteroatoms. The summed E-state index contributed by atoms with van der Waals surface area (Å²) in [6, 6.07) is 5.11. The molecule has 0 saturated heterocycles. The summed E-state index contributed by atoms with van der Waals surface area (Å²) in [6.07, 6.45) is 0. The van der Waals surface area contributed by atoms with E-state index in [0.717, 1.165) is 5.56 Å². The highest BCUT2D eigenvalue weighted by Gasteiger charge is 1.97. The molecule has 0 amide bonds. The van der Waals surface area contributed by atoms with Crippen LogP contribution in [-0.4, -0.2) is 6.72 Å². The molecule has 0 heterocycles. The Balaban J connectivity index is 2.78. The van der Waals surface area contributed by atoms with Crippen LogP contribution in [0.3, 0.4) is 0 Å².